The molecule has 1 aromatic rings. The van der Waals surface area contributed by atoms with Crippen molar-refractivity contribution in [1.29, 1.82) is 0 Å². The lowest BCUT2D eigenvalue weighted by Crippen LogP contribution is -2.44. The van der Waals surface area contributed by atoms with Crippen molar-refractivity contribution in [3.8, 4) is 0 Å². The Morgan fingerprint density at radius 2 is 2.10 bits per heavy atom. The van der Waals surface area contributed by atoms with Crippen molar-refractivity contribution >= 4 is 28.2 Å². The molecule has 0 saturated heterocycles. The highest BCUT2D eigenvalue weighted by atomic mass is 32.2. The second-order valence-corrected chi connectivity index (χ2v) is 6.76. The first-order valence-corrected chi connectivity index (χ1v) is 8.05. The fourth-order valence-electron chi connectivity index (χ4n) is 2.28. The maximum atomic E-state index is 12.3. The molecule has 0 radical (unpaired) electrons. The number of fused-ring (bicyclic) bond motifs is 1. The van der Waals surface area contributed by atoms with Gasteiger partial charge in [-0.2, -0.15) is 0 Å². The van der Waals surface area contributed by atoms with Gasteiger partial charge < -0.3 is 4.90 Å². The molecule has 2 rings (SSSR count). The highest BCUT2D eigenvalue weighted by Crippen LogP contribution is 2.33. The standard InChI is InChI=1S/C15H19NO3S/c1-4-5-8-16-13-9-12(10(2)17)6-7-14(13)20(19)11(3)15(16)18/h6-7,9,11H,4-5,8H2,1-3H3. The molecule has 0 spiro atoms. The molecule has 2 unspecified atom stereocenters. The SMILES string of the molecule is CCCCN1C(=O)C(C)S(=O)c2ccc(C(C)=O)cc21. The topological polar surface area (TPSA) is 54.5 Å². The number of benzene rings is 1. The Labute approximate surface area is 121 Å². The van der Waals surface area contributed by atoms with Crippen LogP contribution in [0.3, 0.4) is 0 Å². The number of rotatable bonds is 4. The van der Waals surface area contributed by atoms with Crippen molar-refractivity contribution in [2.24, 2.45) is 0 Å². The summed E-state index contributed by atoms with van der Waals surface area (Å²) >= 11 is 0. The van der Waals surface area contributed by atoms with Gasteiger partial charge in [0.2, 0.25) is 5.91 Å². The van der Waals surface area contributed by atoms with E-state index in [0.29, 0.717) is 22.7 Å². The first-order valence-electron chi connectivity index (χ1n) is 6.84. The fourth-order valence-corrected chi connectivity index (χ4v) is 3.55. The fraction of sp³-hybridized carbons (Fsp3) is 0.467. The average Bonchev–Trinajstić information content (AvgIpc) is 2.44. The highest BCUT2D eigenvalue weighted by molar-refractivity contribution is 7.86. The van der Waals surface area contributed by atoms with Gasteiger partial charge in [0, 0.05) is 12.1 Å². The van der Waals surface area contributed by atoms with Gasteiger partial charge in [0.25, 0.3) is 0 Å². The number of carbonyl (C=O) groups is 2. The first kappa shape index (κ1) is 14.9. The van der Waals surface area contributed by atoms with Gasteiger partial charge in [-0.25, -0.2) is 0 Å². The number of unbranched alkanes of at least 4 members (excludes halogenated alkanes) is 1. The zero-order valence-corrected chi connectivity index (χ0v) is 12.8. The molecule has 1 aromatic carbocycles. The van der Waals surface area contributed by atoms with Crippen LogP contribution in [-0.2, 0) is 15.6 Å². The average molecular weight is 293 g/mol. The van der Waals surface area contributed by atoms with Crippen LogP contribution in [-0.4, -0.2) is 27.7 Å². The Balaban J connectivity index is 2.52. The molecule has 20 heavy (non-hydrogen) atoms. The second-order valence-electron chi connectivity index (χ2n) is 5.02. The van der Waals surface area contributed by atoms with E-state index in [1.165, 1.54) is 6.92 Å². The number of hydrogen-bond donors (Lipinski definition) is 0. The van der Waals surface area contributed by atoms with E-state index in [1.807, 2.05) is 0 Å². The lowest BCUT2D eigenvalue weighted by atomic mass is 10.1. The van der Waals surface area contributed by atoms with Crippen molar-refractivity contribution in [2.75, 3.05) is 11.4 Å². The molecular formula is C15H19NO3S. The normalized spacial score (nSPS) is 21.8. The zero-order chi connectivity index (χ0) is 14.9. The van der Waals surface area contributed by atoms with Crippen LogP contribution in [0.1, 0.15) is 44.0 Å². The number of amides is 1. The summed E-state index contributed by atoms with van der Waals surface area (Å²) in [6, 6.07) is 5.08. The molecule has 5 heteroatoms. The van der Waals surface area contributed by atoms with Crippen LogP contribution >= 0.6 is 0 Å². The quantitative estimate of drug-likeness (QED) is 0.802. The lowest BCUT2D eigenvalue weighted by Gasteiger charge is -2.32. The molecular weight excluding hydrogens is 274 g/mol. The molecule has 1 amide bonds. The molecule has 0 N–H and O–H groups in total. The van der Waals surface area contributed by atoms with Crippen molar-refractivity contribution in [3.05, 3.63) is 23.8 Å². The molecule has 2 atom stereocenters. The van der Waals surface area contributed by atoms with E-state index in [9.17, 15) is 13.8 Å². The number of anilines is 1. The Morgan fingerprint density at radius 3 is 2.70 bits per heavy atom. The van der Waals surface area contributed by atoms with E-state index in [1.54, 1.807) is 30.0 Å². The van der Waals surface area contributed by atoms with Crippen LogP contribution in [0.2, 0.25) is 0 Å². The van der Waals surface area contributed by atoms with Crippen molar-refractivity contribution < 1.29 is 13.8 Å². The summed E-state index contributed by atoms with van der Waals surface area (Å²) in [5.41, 5.74) is 1.18. The predicted molar refractivity (Wildman–Crippen MR) is 79.6 cm³/mol. The lowest BCUT2D eigenvalue weighted by molar-refractivity contribution is -0.118. The van der Waals surface area contributed by atoms with Crippen molar-refractivity contribution in [1.82, 2.24) is 0 Å². The van der Waals surface area contributed by atoms with Gasteiger partial charge in [-0.15, -0.1) is 0 Å². The van der Waals surface area contributed by atoms with Gasteiger partial charge in [0.15, 0.2) is 5.78 Å². The zero-order valence-electron chi connectivity index (χ0n) is 12.0. The maximum absolute atomic E-state index is 12.3. The Kier molecular flexibility index (Phi) is 4.38. The van der Waals surface area contributed by atoms with Gasteiger partial charge in [-0.3, -0.25) is 13.8 Å². The van der Waals surface area contributed by atoms with Crippen LogP contribution in [0.4, 0.5) is 5.69 Å². The summed E-state index contributed by atoms with van der Waals surface area (Å²) in [6.45, 7) is 5.84. The number of nitrogens with zero attached hydrogens (tertiary/aromatic N) is 1. The summed E-state index contributed by atoms with van der Waals surface area (Å²) in [7, 11) is -1.34. The van der Waals surface area contributed by atoms with Gasteiger partial charge in [0.05, 0.1) is 21.4 Å². The summed E-state index contributed by atoms with van der Waals surface area (Å²) in [5.74, 6) is -0.176. The molecule has 0 bridgehead atoms. The molecule has 4 nitrogen and oxygen atoms in total. The summed E-state index contributed by atoms with van der Waals surface area (Å²) in [4.78, 5) is 26.2. The Hall–Kier alpha value is -1.49. The highest BCUT2D eigenvalue weighted by Gasteiger charge is 2.35. The minimum Gasteiger partial charge on any atom is -0.310 e. The summed E-state index contributed by atoms with van der Waals surface area (Å²) in [5, 5.41) is -0.525. The van der Waals surface area contributed by atoms with Gasteiger partial charge >= 0.3 is 0 Å². The number of Topliss-reactive ketones (excluding diaryl/α,β-unsaturated/α-hetero) is 1. The molecule has 108 valence electrons. The Bertz CT molecular complexity index is 582. The number of ketones is 1. The molecule has 1 heterocycles. The van der Waals surface area contributed by atoms with E-state index in [0.717, 1.165) is 12.8 Å². The third-order valence-corrected chi connectivity index (χ3v) is 5.17. The molecule has 1 aliphatic heterocycles. The predicted octanol–water partition coefficient (Wildman–Crippen LogP) is 2.53. The first-order chi connectivity index (χ1) is 9.47. The molecule has 0 aliphatic carbocycles. The van der Waals surface area contributed by atoms with E-state index in [-0.39, 0.29) is 11.7 Å². The Morgan fingerprint density at radius 1 is 1.40 bits per heavy atom. The smallest absolute Gasteiger partial charge is 0.242 e. The van der Waals surface area contributed by atoms with Crippen molar-refractivity contribution in [2.45, 2.75) is 43.8 Å². The van der Waals surface area contributed by atoms with Crippen LogP contribution in [0.15, 0.2) is 23.1 Å². The summed E-state index contributed by atoms with van der Waals surface area (Å²) < 4.78 is 12.3. The summed E-state index contributed by atoms with van der Waals surface area (Å²) in [6.07, 6.45) is 1.86. The minimum absolute atomic E-state index is 0.0555. The molecule has 1 aliphatic rings. The van der Waals surface area contributed by atoms with Crippen LogP contribution in [0.5, 0.6) is 0 Å². The minimum atomic E-state index is -1.34. The molecule has 0 saturated carbocycles. The third-order valence-electron chi connectivity index (χ3n) is 3.54. The third kappa shape index (κ3) is 2.54. The van der Waals surface area contributed by atoms with Gasteiger partial charge in [-0.1, -0.05) is 19.4 Å². The van der Waals surface area contributed by atoms with E-state index in [4.69, 9.17) is 0 Å². The van der Waals surface area contributed by atoms with E-state index >= 15 is 0 Å². The number of hydrogen-bond acceptors (Lipinski definition) is 3. The maximum Gasteiger partial charge on any atom is 0.242 e. The van der Waals surface area contributed by atoms with Crippen LogP contribution in [0, 0.1) is 0 Å². The number of carbonyl (C=O) groups excluding carboxylic acids is 2. The monoisotopic (exact) mass is 293 g/mol. The van der Waals surface area contributed by atoms with Crippen LogP contribution in [0.25, 0.3) is 0 Å². The second kappa shape index (κ2) is 5.87. The van der Waals surface area contributed by atoms with Gasteiger partial charge in [0.1, 0.15) is 5.25 Å². The largest absolute Gasteiger partial charge is 0.310 e. The van der Waals surface area contributed by atoms with Crippen LogP contribution < -0.4 is 4.90 Å². The van der Waals surface area contributed by atoms with Crippen molar-refractivity contribution in [3.63, 3.8) is 0 Å². The van der Waals surface area contributed by atoms with Gasteiger partial charge in [-0.05, 0) is 32.4 Å². The molecule has 0 aromatic heterocycles. The van der Waals surface area contributed by atoms with E-state index in [2.05, 4.69) is 6.92 Å². The molecule has 0 fully saturated rings. The van der Waals surface area contributed by atoms with E-state index < -0.39 is 16.0 Å².